The first kappa shape index (κ1) is 11.6. The number of carboxylic acid groups (broad SMARTS) is 1. The minimum Gasteiger partial charge on any atom is -0.480 e. The van der Waals surface area contributed by atoms with Crippen molar-refractivity contribution in [2.24, 2.45) is 5.92 Å². The van der Waals surface area contributed by atoms with Gasteiger partial charge in [-0.1, -0.05) is 18.2 Å². The first-order valence-corrected chi connectivity index (χ1v) is 5.65. The van der Waals surface area contributed by atoms with Gasteiger partial charge in [0.05, 0.1) is 0 Å². The summed E-state index contributed by atoms with van der Waals surface area (Å²) >= 11 is 0. The first-order chi connectivity index (χ1) is 8.04. The van der Waals surface area contributed by atoms with Crippen molar-refractivity contribution >= 4 is 11.9 Å². The molecule has 17 heavy (non-hydrogen) atoms. The van der Waals surface area contributed by atoms with Crippen LogP contribution in [0.25, 0.3) is 0 Å². The summed E-state index contributed by atoms with van der Waals surface area (Å²) in [6.45, 7) is 1.58. The van der Waals surface area contributed by atoms with Crippen molar-refractivity contribution in [3.05, 3.63) is 35.9 Å². The number of carbonyl (C=O) groups is 2. The van der Waals surface area contributed by atoms with Gasteiger partial charge in [0.1, 0.15) is 5.54 Å². The van der Waals surface area contributed by atoms with Gasteiger partial charge in [-0.15, -0.1) is 0 Å². The molecule has 0 saturated heterocycles. The van der Waals surface area contributed by atoms with Crippen LogP contribution in [0.15, 0.2) is 30.3 Å². The molecule has 0 bridgehead atoms. The second kappa shape index (κ2) is 4.20. The number of carboxylic acids is 1. The zero-order chi connectivity index (χ0) is 12.5. The average molecular weight is 233 g/mol. The van der Waals surface area contributed by atoms with E-state index in [1.807, 2.05) is 6.07 Å². The summed E-state index contributed by atoms with van der Waals surface area (Å²) in [7, 11) is 0. The highest BCUT2D eigenvalue weighted by atomic mass is 16.4. The topological polar surface area (TPSA) is 66.4 Å². The fourth-order valence-corrected chi connectivity index (χ4v) is 1.89. The minimum absolute atomic E-state index is 0.0488. The summed E-state index contributed by atoms with van der Waals surface area (Å²) in [5.41, 5.74) is -0.659. The van der Waals surface area contributed by atoms with E-state index in [-0.39, 0.29) is 11.8 Å². The van der Waals surface area contributed by atoms with Gasteiger partial charge in [-0.2, -0.15) is 0 Å². The number of aliphatic carboxylic acids is 1. The molecule has 2 N–H and O–H groups in total. The van der Waals surface area contributed by atoms with Crippen molar-refractivity contribution < 1.29 is 14.7 Å². The molecule has 1 unspecified atom stereocenters. The van der Waals surface area contributed by atoms with Crippen LogP contribution in [0.2, 0.25) is 0 Å². The summed E-state index contributed by atoms with van der Waals surface area (Å²) in [6.07, 6.45) is 1.72. The fourth-order valence-electron chi connectivity index (χ4n) is 1.89. The molecule has 0 aromatic heterocycles. The Morgan fingerprint density at radius 1 is 1.29 bits per heavy atom. The lowest BCUT2D eigenvalue weighted by molar-refractivity contribution is -0.144. The zero-order valence-electron chi connectivity index (χ0n) is 9.64. The molecular weight excluding hydrogens is 218 g/mol. The molecule has 0 spiro atoms. The van der Waals surface area contributed by atoms with Crippen LogP contribution >= 0.6 is 0 Å². The van der Waals surface area contributed by atoms with Crippen LogP contribution in [0.1, 0.15) is 30.1 Å². The van der Waals surface area contributed by atoms with Crippen LogP contribution in [-0.2, 0) is 4.79 Å². The maximum Gasteiger partial charge on any atom is 0.329 e. The largest absolute Gasteiger partial charge is 0.480 e. The predicted octanol–water partition coefficient (Wildman–Crippen LogP) is 1.67. The van der Waals surface area contributed by atoms with E-state index >= 15 is 0 Å². The van der Waals surface area contributed by atoms with Gasteiger partial charge in [0.15, 0.2) is 0 Å². The summed E-state index contributed by atoms with van der Waals surface area (Å²) in [6, 6.07) is 8.66. The van der Waals surface area contributed by atoms with E-state index < -0.39 is 11.5 Å². The van der Waals surface area contributed by atoms with E-state index in [1.54, 1.807) is 31.2 Å². The lowest BCUT2D eigenvalue weighted by Crippen LogP contribution is -2.54. The van der Waals surface area contributed by atoms with Gasteiger partial charge in [0.2, 0.25) is 0 Å². The molecule has 0 radical (unpaired) electrons. The van der Waals surface area contributed by atoms with Gasteiger partial charge in [0.25, 0.3) is 5.91 Å². The van der Waals surface area contributed by atoms with Gasteiger partial charge >= 0.3 is 5.97 Å². The molecule has 1 saturated carbocycles. The molecule has 0 aliphatic heterocycles. The van der Waals surface area contributed by atoms with Crippen molar-refractivity contribution in [3.63, 3.8) is 0 Å². The van der Waals surface area contributed by atoms with E-state index in [0.29, 0.717) is 5.56 Å². The Balaban J connectivity index is 2.14. The van der Waals surface area contributed by atoms with Crippen LogP contribution in [0, 0.1) is 5.92 Å². The standard InChI is InChI=1S/C13H15NO3/c1-13(12(16)17,10-7-8-10)14-11(15)9-5-3-2-4-6-9/h2-6,10H,7-8H2,1H3,(H,14,15)(H,16,17). The van der Waals surface area contributed by atoms with Crippen molar-refractivity contribution in [1.82, 2.24) is 5.32 Å². The molecule has 1 fully saturated rings. The van der Waals surface area contributed by atoms with E-state index in [9.17, 15) is 14.7 Å². The Bertz CT molecular complexity index is 439. The van der Waals surface area contributed by atoms with Crippen molar-refractivity contribution in [2.75, 3.05) is 0 Å². The highest BCUT2D eigenvalue weighted by Gasteiger charge is 2.48. The average Bonchev–Trinajstić information content (AvgIpc) is 3.13. The molecule has 90 valence electrons. The Hall–Kier alpha value is -1.84. The maximum atomic E-state index is 11.9. The molecule has 1 aromatic rings. The summed E-state index contributed by atoms with van der Waals surface area (Å²) < 4.78 is 0. The molecular formula is C13H15NO3. The molecule has 4 nitrogen and oxygen atoms in total. The van der Waals surface area contributed by atoms with E-state index in [4.69, 9.17) is 0 Å². The quantitative estimate of drug-likeness (QED) is 0.831. The fraction of sp³-hybridized carbons (Fsp3) is 0.385. The van der Waals surface area contributed by atoms with Crippen LogP contribution in [-0.4, -0.2) is 22.5 Å². The van der Waals surface area contributed by atoms with Crippen molar-refractivity contribution in [2.45, 2.75) is 25.3 Å². The predicted molar refractivity (Wildman–Crippen MR) is 62.7 cm³/mol. The molecule has 1 aliphatic carbocycles. The third-order valence-electron chi connectivity index (χ3n) is 3.25. The second-order valence-corrected chi connectivity index (χ2v) is 4.60. The highest BCUT2D eigenvalue weighted by Crippen LogP contribution is 2.39. The van der Waals surface area contributed by atoms with Crippen molar-refractivity contribution in [3.8, 4) is 0 Å². The molecule has 0 heterocycles. The Morgan fingerprint density at radius 2 is 1.88 bits per heavy atom. The van der Waals surface area contributed by atoms with E-state index in [1.165, 1.54) is 0 Å². The van der Waals surface area contributed by atoms with Gasteiger partial charge in [-0.3, -0.25) is 4.79 Å². The maximum absolute atomic E-state index is 11.9. The number of hydrogen-bond acceptors (Lipinski definition) is 2. The van der Waals surface area contributed by atoms with Crippen molar-refractivity contribution in [1.29, 1.82) is 0 Å². The number of hydrogen-bond donors (Lipinski definition) is 2. The lowest BCUT2D eigenvalue weighted by atomic mass is 9.95. The number of nitrogens with one attached hydrogen (secondary N) is 1. The monoisotopic (exact) mass is 233 g/mol. The lowest BCUT2D eigenvalue weighted by Gasteiger charge is -2.26. The minimum atomic E-state index is -1.15. The normalized spacial score (nSPS) is 18.2. The second-order valence-electron chi connectivity index (χ2n) is 4.60. The zero-order valence-corrected chi connectivity index (χ0v) is 9.64. The first-order valence-electron chi connectivity index (χ1n) is 5.65. The number of rotatable bonds is 4. The Labute approximate surface area is 99.6 Å². The van der Waals surface area contributed by atoms with E-state index in [2.05, 4.69) is 5.32 Å². The van der Waals surface area contributed by atoms with Gasteiger partial charge in [-0.25, -0.2) is 4.79 Å². The van der Waals surface area contributed by atoms with Crippen LogP contribution in [0.5, 0.6) is 0 Å². The smallest absolute Gasteiger partial charge is 0.329 e. The molecule has 1 aromatic carbocycles. The molecule has 1 aliphatic rings. The number of carbonyl (C=O) groups excluding carboxylic acids is 1. The van der Waals surface area contributed by atoms with Crippen LogP contribution < -0.4 is 5.32 Å². The molecule has 2 rings (SSSR count). The molecule has 1 atom stereocenters. The summed E-state index contributed by atoms with van der Waals surface area (Å²) in [4.78, 5) is 23.2. The third-order valence-corrected chi connectivity index (χ3v) is 3.25. The molecule has 1 amide bonds. The van der Waals surface area contributed by atoms with E-state index in [0.717, 1.165) is 12.8 Å². The Kier molecular flexibility index (Phi) is 2.88. The Morgan fingerprint density at radius 3 is 2.35 bits per heavy atom. The van der Waals surface area contributed by atoms with Crippen LogP contribution in [0.3, 0.4) is 0 Å². The van der Waals surface area contributed by atoms with Gasteiger partial charge < -0.3 is 10.4 Å². The SMILES string of the molecule is CC(NC(=O)c1ccccc1)(C(=O)O)C1CC1. The van der Waals surface area contributed by atoms with Crippen LogP contribution in [0.4, 0.5) is 0 Å². The molecule has 4 heteroatoms. The number of benzene rings is 1. The number of amides is 1. The summed E-state index contributed by atoms with van der Waals surface area (Å²) in [5, 5.41) is 11.9. The summed E-state index contributed by atoms with van der Waals surface area (Å²) in [5.74, 6) is -1.25. The highest BCUT2D eigenvalue weighted by molar-refractivity contribution is 5.97. The third kappa shape index (κ3) is 2.30. The van der Waals surface area contributed by atoms with Gasteiger partial charge in [0, 0.05) is 5.56 Å². The van der Waals surface area contributed by atoms with Gasteiger partial charge in [-0.05, 0) is 37.8 Å².